The summed E-state index contributed by atoms with van der Waals surface area (Å²) in [5, 5.41) is 11.4. The van der Waals surface area contributed by atoms with Crippen LogP contribution in [0.15, 0.2) is 0 Å². The molecule has 258 valence electrons. The number of nitrogens with zero attached hydrogens (tertiary/aromatic N) is 2. The van der Waals surface area contributed by atoms with Crippen molar-refractivity contribution in [3.8, 4) is 44.8 Å². The minimum absolute atomic E-state index is 0.00484. The van der Waals surface area contributed by atoms with Gasteiger partial charge in [-0.25, -0.2) is 4.98 Å². The van der Waals surface area contributed by atoms with Gasteiger partial charge in [-0.1, -0.05) is 94.3 Å². The van der Waals surface area contributed by atoms with E-state index in [0.717, 1.165) is 0 Å². The molecule has 0 unspecified atom stereocenters. The fraction of sp³-hybridized carbons (Fsp3) is 0.0488. The second-order valence-electron chi connectivity index (χ2n) is 16.3. The molecule has 48 radical (unpaired) electrons. The summed E-state index contributed by atoms with van der Waals surface area (Å²) < 4.78 is 1.42. The average Bonchev–Trinajstić information content (AvgIpc) is 3.70. The SMILES string of the molecule is [B]c1c([B])c([B])c(-c2c([B])c([B])c(-c3c4c([B])c([B])c([B])c([B])c4c(-c4c([B])c([B])c(-n5c(CC)nc6c([B])c([B])c([B])c(O)c65)c([B])c4[B])c4c([B])c([B])c([B])c([B])c34)c([B])c2[B])c([B])c1[B]. The number of phenols is 1. The summed E-state index contributed by atoms with van der Waals surface area (Å²) in [6, 6.07) is 0. The number of aryl methyl sites for hydroxylation is 1. The van der Waals surface area contributed by atoms with Crippen molar-refractivity contribution in [2.24, 2.45) is 0 Å². The van der Waals surface area contributed by atoms with Crippen LogP contribution in [0.4, 0.5) is 0 Å². The first-order valence-corrected chi connectivity index (χ1v) is 20.1. The quantitative estimate of drug-likeness (QED) is 0.139. The standard InChI is InChI=1S/C41H6B24N2O/c1-2-3-66-38-34(62)33(61)37(65)41(68)40(38)67(3)39-35(63)24(52)11(25(53)36(39)64)5-8-6(14(42)26(54)28(56)16(8)44)4(7-9(5)17(45)29(57)27(55)15(7)43)10-18(46)20(48)12(21(49)19(10)47)13-22(50)30(58)32(60)31(59)23(13)51/h68H,2H2,1H3. The molecule has 68 heavy (non-hydrogen) atoms. The van der Waals surface area contributed by atoms with Gasteiger partial charge < -0.3 is 5.11 Å². The van der Waals surface area contributed by atoms with Crippen LogP contribution in [0.3, 0.4) is 0 Å². The number of hydrogen-bond donors (Lipinski definition) is 1. The lowest BCUT2D eigenvalue weighted by Crippen LogP contribution is -2.57. The molecule has 0 atom stereocenters. The van der Waals surface area contributed by atoms with E-state index < -0.39 is 5.75 Å². The Labute approximate surface area is 428 Å². The monoisotopic (exact) mass is 806 g/mol. The van der Waals surface area contributed by atoms with Gasteiger partial charge in [-0.3, -0.25) is 4.57 Å². The van der Waals surface area contributed by atoms with Crippen molar-refractivity contribution in [2.45, 2.75) is 13.3 Å². The number of rotatable bonds is 5. The first kappa shape index (κ1) is 50.3. The first-order chi connectivity index (χ1) is 31.7. The molecule has 0 bridgehead atoms. The number of benzene rings is 7. The van der Waals surface area contributed by atoms with E-state index in [2.05, 4.69) is 4.98 Å². The third-order valence-corrected chi connectivity index (χ3v) is 12.9. The number of aromatic nitrogens is 2. The molecule has 27 heteroatoms. The minimum atomic E-state index is -0.472. The third kappa shape index (κ3) is 6.64. The Morgan fingerprint density at radius 2 is 0.559 bits per heavy atom. The fourth-order valence-electron chi connectivity index (χ4n) is 9.14. The topological polar surface area (TPSA) is 38.0 Å². The Morgan fingerprint density at radius 1 is 0.309 bits per heavy atom. The zero-order valence-electron chi connectivity index (χ0n) is 36.4. The Kier molecular flexibility index (Phi) is 12.8. The zero-order chi connectivity index (χ0) is 50.5. The van der Waals surface area contributed by atoms with Crippen molar-refractivity contribution >= 4 is 352 Å². The van der Waals surface area contributed by atoms with Gasteiger partial charge in [0.15, 0.2) is 0 Å². The maximum atomic E-state index is 11.4. The summed E-state index contributed by atoms with van der Waals surface area (Å²) in [7, 11) is 161. The highest BCUT2D eigenvalue weighted by atomic mass is 16.3. The van der Waals surface area contributed by atoms with Crippen LogP contribution in [0.1, 0.15) is 12.7 Å². The predicted octanol–water partition coefficient (Wildman–Crippen LogP) is -18.3. The molecule has 0 aliphatic rings. The molecule has 1 N–H and O–H groups in total. The van der Waals surface area contributed by atoms with Gasteiger partial charge in [0.05, 0.1) is 5.52 Å². The van der Waals surface area contributed by atoms with E-state index in [-0.39, 0.29) is 209 Å². The molecule has 0 spiro atoms. The largest absolute Gasteiger partial charge is 0.506 e. The van der Waals surface area contributed by atoms with Crippen LogP contribution >= 0.6 is 0 Å². The first-order valence-electron chi connectivity index (χ1n) is 20.1. The van der Waals surface area contributed by atoms with Crippen molar-refractivity contribution < 1.29 is 5.11 Å². The number of aromatic hydroxyl groups is 1. The second-order valence-corrected chi connectivity index (χ2v) is 16.3. The maximum Gasteiger partial charge on any atom is 0.134 e. The van der Waals surface area contributed by atoms with Crippen LogP contribution in [-0.4, -0.2) is 203 Å². The summed E-state index contributed by atoms with van der Waals surface area (Å²) in [6.45, 7) is 1.78. The Hall–Kier alpha value is -4.11. The third-order valence-electron chi connectivity index (χ3n) is 12.9. The van der Waals surface area contributed by atoms with Crippen molar-refractivity contribution in [3.63, 3.8) is 0 Å². The molecule has 0 aliphatic heterocycles. The number of fused-ring (bicyclic) bond motifs is 3. The van der Waals surface area contributed by atoms with Crippen molar-refractivity contribution in [1.82, 2.24) is 9.55 Å². The van der Waals surface area contributed by atoms with Gasteiger partial charge in [-0.05, 0) is 54.9 Å². The average molecular weight is 802 g/mol. The molecule has 1 aromatic heterocycles. The highest BCUT2D eigenvalue weighted by Gasteiger charge is 2.31. The van der Waals surface area contributed by atoms with Crippen molar-refractivity contribution in [1.29, 1.82) is 0 Å². The lowest BCUT2D eigenvalue weighted by atomic mass is 9.54. The molecular weight excluding hydrogens is 796 g/mol. The number of imidazole rings is 1. The van der Waals surface area contributed by atoms with Crippen LogP contribution in [0.25, 0.3) is 71.6 Å². The molecule has 0 fully saturated rings. The Morgan fingerprint density at radius 3 is 0.882 bits per heavy atom. The number of hydrogen-bond acceptors (Lipinski definition) is 2. The van der Waals surface area contributed by atoms with Gasteiger partial charge in [-0.2, -0.15) is 0 Å². The van der Waals surface area contributed by atoms with E-state index in [1.807, 2.05) is 0 Å². The van der Waals surface area contributed by atoms with Gasteiger partial charge >= 0.3 is 0 Å². The van der Waals surface area contributed by atoms with Crippen LogP contribution in [0.2, 0.25) is 0 Å². The molecule has 8 aromatic rings. The van der Waals surface area contributed by atoms with Crippen LogP contribution in [-0.2, 0) is 6.42 Å². The summed E-state index contributed by atoms with van der Waals surface area (Å²) in [5.41, 5.74) is -4.30. The Bertz CT molecular complexity index is 3510. The van der Waals surface area contributed by atoms with Crippen LogP contribution < -0.4 is 131 Å². The molecule has 0 aliphatic carbocycles. The molecule has 3 nitrogen and oxygen atoms in total. The smallest absolute Gasteiger partial charge is 0.134 e. The van der Waals surface area contributed by atoms with Crippen LogP contribution in [0, 0.1) is 0 Å². The Balaban J connectivity index is 1.63. The summed E-state index contributed by atoms with van der Waals surface area (Å²) in [4.78, 5) is 4.63. The van der Waals surface area contributed by atoms with Crippen LogP contribution in [0.5, 0.6) is 5.75 Å². The van der Waals surface area contributed by atoms with Gasteiger partial charge in [0, 0.05) is 12.1 Å². The van der Waals surface area contributed by atoms with Crippen molar-refractivity contribution in [2.75, 3.05) is 0 Å². The molecule has 7 aromatic carbocycles. The van der Waals surface area contributed by atoms with E-state index in [1.54, 1.807) is 6.92 Å². The van der Waals surface area contributed by atoms with Crippen molar-refractivity contribution in [3.05, 3.63) is 5.82 Å². The van der Waals surface area contributed by atoms with Gasteiger partial charge in [-0.15, -0.1) is 43.7 Å². The zero-order valence-corrected chi connectivity index (χ0v) is 36.4. The van der Waals surface area contributed by atoms with E-state index >= 15 is 0 Å². The normalized spacial score (nSPS) is 11.7. The minimum Gasteiger partial charge on any atom is -0.506 e. The summed E-state index contributed by atoms with van der Waals surface area (Å²) >= 11 is 0. The summed E-state index contributed by atoms with van der Waals surface area (Å²) in [6.07, 6.45) is 0.239. The highest BCUT2D eigenvalue weighted by molar-refractivity contribution is 6.75. The fourth-order valence-corrected chi connectivity index (χ4v) is 9.14. The molecule has 0 saturated heterocycles. The molecule has 0 saturated carbocycles. The summed E-state index contributed by atoms with van der Waals surface area (Å²) in [5.74, 6) is -0.174. The lowest BCUT2D eigenvalue weighted by molar-refractivity contribution is 0.484. The molecule has 0 amide bonds. The van der Waals surface area contributed by atoms with E-state index in [4.69, 9.17) is 188 Å². The molecule has 8 rings (SSSR count). The van der Waals surface area contributed by atoms with Gasteiger partial charge in [0.25, 0.3) is 0 Å². The molecular formula is C41H6B24N2O. The van der Waals surface area contributed by atoms with Gasteiger partial charge in [0.1, 0.15) is 205 Å². The van der Waals surface area contributed by atoms with E-state index in [9.17, 15) is 5.11 Å². The maximum absolute atomic E-state index is 11.4. The van der Waals surface area contributed by atoms with E-state index in [1.165, 1.54) is 4.57 Å². The van der Waals surface area contributed by atoms with Gasteiger partial charge in [0.2, 0.25) is 0 Å². The lowest BCUT2D eigenvalue weighted by Gasteiger charge is -2.33. The molecule has 1 heterocycles. The predicted molar refractivity (Wildman–Crippen MR) is 313 cm³/mol. The van der Waals surface area contributed by atoms with E-state index in [0.29, 0.717) is 5.82 Å². The number of phenolic OH excluding ortho intramolecular Hbond substituents is 1. The highest BCUT2D eigenvalue weighted by Crippen LogP contribution is 2.39. The second kappa shape index (κ2) is 17.3.